The Morgan fingerprint density at radius 2 is 2.05 bits per heavy atom. The molecule has 0 atom stereocenters. The molecule has 104 valence electrons. The zero-order valence-electron chi connectivity index (χ0n) is 10.6. The van der Waals surface area contributed by atoms with Gasteiger partial charge in [-0.05, 0) is 12.1 Å². The van der Waals surface area contributed by atoms with E-state index in [0.29, 0.717) is 16.9 Å². The summed E-state index contributed by atoms with van der Waals surface area (Å²) in [6.07, 6.45) is 3.09. The van der Waals surface area contributed by atoms with Crippen molar-refractivity contribution in [2.24, 2.45) is 0 Å². The van der Waals surface area contributed by atoms with Crippen LogP contribution >= 0.6 is 0 Å². The molecule has 0 fully saturated rings. The standard InChI is InChI=1S/C14H9N3O4/c18-14(19)10-4-5-13-15-12(8-16(13)7-10)9-2-1-3-11(6-9)17(20)21/h1-8H,(H,18,19). The third-order valence-corrected chi connectivity index (χ3v) is 3.05. The molecule has 0 aliphatic heterocycles. The number of nitro groups is 1. The lowest BCUT2D eigenvalue weighted by molar-refractivity contribution is -0.384. The number of carbonyl (C=O) groups is 1. The van der Waals surface area contributed by atoms with E-state index in [-0.39, 0.29) is 11.3 Å². The van der Waals surface area contributed by atoms with E-state index in [4.69, 9.17) is 5.11 Å². The zero-order chi connectivity index (χ0) is 15.0. The van der Waals surface area contributed by atoms with Gasteiger partial charge in [-0.3, -0.25) is 10.1 Å². The zero-order valence-corrected chi connectivity index (χ0v) is 10.6. The van der Waals surface area contributed by atoms with Crippen molar-refractivity contribution in [3.05, 3.63) is 64.5 Å². The van der Waals surface area contributed by atoms with E-state index in [0.717, 1.165) is 0 Å². The Labute approximate surface area is 118 Å². The van der Waals surface area contributed by atoms with Crippen LogP contribution in [0.2, 0.25) is 0 Å². The summed E-state index contributed by atoms with van der Waals surface area (Å²) in [5, 5.41) is 19.7. The van der Waals surface area contributed by atoms with Crippen LogP contribution in [0.1, 0.15) is 10.4 Å². The number of hydrogen-bond donors (Lipinski definition) is 1. The molecule has 7 heteroatoms. The molecule has 0 saturated heterocycles. The van der Waals surface area contributed by atoms with Crippen LogP contribution in [-0.2, 0) is 0 Å². The normalized spacial score (nSPS) is 10.7. The summed E-state index contributed by atoms with van der Waals surface area (Å²) in [4.78, 5) is 25.6. The summed E-state index contributed by atoms with van der Waals surface area (Å²) in [6.45, 7) is 0. The number of nitrogens with zero attached hydrogens (tertiary/aromatic N) is 3. The summed E-state index contributed by atoms with van der Waals surface area (Å²) in [5.41, 5.74) is 1.84. The Balaban J connectivity index is 2.10. The number of non-ortho nitro benzene ring substituents is 1. The molecule has 2 aromatic heterocycles. The topological polar surface area (TPSA) is 97.7 Å². The van der Waals surface area contributed by atoms with Crippen LogP contribution in [0, 0.1) is 10.1 Å². The van der Waals surface area contributed by atoms with Crippen LogP contribution in [0.3, 0.4) is 0 Å². The maximum absolute atomic E-state index is 10.9. The quantitative estimate of drug-likeness (QED) is 0.588. The Kier molecular flexibility index (Phi) is 2.87. The molecular formula is C14H9N3O4. The van der Waals surface area contributed by atoms with Crippen LogP contribution in [0.4, 0.5) is 5.69 Å². The van der Waals surface area contributed by atoms with Crippen LogP contribution in [0.15, 0.2) is 48.8 Å². The van der Waals surface area contributed by atoms with Crippen molar-refractivity contribution in [2.75, 3.05) is 0 Å². The second-order valence-corrected chi connectivity index (χ2v) is 4.42. The van der Waals surface area contributed by atoms with Gasteiger partial charge in [-0.25, -0.2) is 9.78 Å². The maximum atomic E-state index is 10.9. The molecule has 0 bridgehead atoms. The average molecular weight is 283 g/mol. The fourth-order valence-corrected chi connectivity index (χ4v) is 2.04. The molecule has 1 N–H and O–H groups in total. The monoisotopic (exact) mass is 283 g/mol. The van der Waals surface area contributed by atoms with E-state index in [1.54, 1.807) is 28.8 Å². The van der Waals surface area contributed by atoms with E-state index >= 15 is 0 Å². The van der Waals surface area contributed by atoms with E-state index in [2.05, 4.69) is 4.98 Å². The molecule has 0 unspecified atom stereocenters. The molecule has 3 rings (SSSR count). The minimum atomic E-state index is -1.03. The van der Waals surface area contributed by atoms with Gasteiger partial charge in [0.25, 0.3) is 5.69 Å². The number of imidazole rings is 1. The molecule has 0 spiro atoms. The van der Waals surface area contributed by atoms with E-state index < -0.39 is 10.9 Å². The van der Waals surface area contributed by atoms with Gasteiger partial charge in [0.05, 0.1) is 16.2 Å². The molecule has 21 heavy (non-hydrogen) atoms. The lowest BCUT2D eigenvalue weighted by Crippen LogP contribution is -1.97. The molecule has 0 aliphatic rings. The first-order valence-corrected chi connectivity index (χ1v) is 6.01. The smallest absolute Gasteiger partial charge is 0.337 e. The third-order valence-electron chi connectivity index (χ3n) is 3.05. The minimum absolute atomic E-state index is 0.0178. The molecular weight excluding hydrogens is 274 g/mol. The fourth-order valence-electron chi connectivity index (χ4n) is 2.04. The van der Waals surface area contributed by atoms with Crippen LogP contribution in [0.5, 0.6) is 0 Å². The van der Waals surface area contributed by atoms with Crippen molar-refractivity contribution < 1.29 is 14.8 Å². The largest absolute Gasteiger partial charge is 0.478 e. The van der Waals surface area contributed by atoms with E-state index in [1.807, 2.05) is 0 Å². The Hall–Kier alpha value is -3.22. The molecule has 0 radical (unpaired) electrons. The second kappa shape index (κ2) is 4.71. The van der Waals surface area contributed by atoms with Gasteiger partial charge in [0.15, 0.2) is 0 Å². The fraction of sp³-hybridized carbons (Fsp3) is 0. The highest BCUT2D eigenvalue weighted by Gasteiger charge is 2.11. The number of pyridine rings is 1. The summed E-state index contributed by atoms with van der Waals surface area (Å²) < 4.78 is 1.58. The van der Waals surface area contributed by atoms with Gasteiger partial charge in [0, 0.05) is 30.1 Å². The average Bonchev–Trinajstić information content (AvgIpc) is 2.90. The number of aromatic carboxylic acids is 1. The molecule has 0 aliphatic carbocycles. The summed E-state index contributed by atoms with van der Waals surface area (Å²) in [5.74, 6) is -1.03. The van der Waals surface area contributed by atoms with Gasteiger partial charge in [-0.1, -0.05) is 12.1 Å². The highest BCUT2D eigenvalue weighted by atomic mass is 16.6. The highest BCUT2D eigenvalue weighted by Crippen LogP contribution is 2.23. The molecule has 1 aromatic carbocycles. The first kappa shape index (κ1) is 12.8. The van der Waals surface area contributed by atoms with Crippen LogP contribution in [0.25, 0.3) is 16.9 Å². The van der Waals surface area contributed by atoms with Crippen molar-refractivity contribution in [2.45, 2.75) is 0 Å². The number of nitro benzene ring substituents is 1. The van der Waals surface area contributed by atoms with Gasteiger partial charge in [-0.2, -0.15) is 0 Å². The number of benzene rings is 1. The number of fused-ring (bicyclic) bond motifs is 1. The number of carboxylic acid groups (broad SMARTS) is 1. The van der Waals surface area contributed by atoms with Gasteiger partial charge >= 0.3 is 5.97 Å². The van der Waals surface area contributed by atoms with Crippen molar-refractivity contribution in [3.63, 3.8) is 0 Å². The lowest BCUT2D eigenvalue weighted by atomic mass is 10.1. The SMILES string of the molecule is O=C(O)c1ccc2nc(-c3cccc([N+](=O)[O-])c3)cn2c1. The van der Waals surface area contributed by atoms with E-state index in [9.17, 15) is 14.9 Å². The second-order valence-electron chi connectivity index (χ2n) is 4.42. The molecule has 0 amide bonds. The lowest BCUT2D eigenvalue weighted by Gasteiger charge is -1.96. The molecule has 0 saturated carbocycles. The van der Waals surface area contributed by atoms with Crippen molar-refractivity contribution in [1.82, 2.24) is 9.38 Å². The Morgan fingerprint density at radius 1 is 1.24 bits per heavy atom. The minimum Gasteiger partial charge on any atom is -0.478 e. The highest BCUT2D eigenvalue weighted by molar-refractivity contribution is 5.87. The van der Waals surface area contributed by atoms with Crippen LogP contribution < -0.4 is 0 Å². The van der Waals surface area contributed by atoms with Crippen molar-refractivity contribution in [1.29, 1.82) is 0 Å². The number of aromatic nitrogens is 2. The number of carboxylic acids is 1. The molecule has 3 aromatic rings. The predicted octanol–water partition coefficient (Wildman–Crippen LogP) is 2.61. The maximum Gasteiger partial charge on any atom is 0.337 e. The first-order chi connectivity index (χ1) is 10.0. The summed E-state index contributed by atoms with van der Waals surface area (Å²) in [7, 11) is 0. The molecule has 2 heterocycles. The van der Waals surface area contributed by atoms with Gasteiger partial charge < -0.3 is 9.51 Å². The number of rotatable bonds is 3. The van der Waals surface area contributed by atoms with Gasteiger partial charge in [-0.15, -0.1) is 0 Å². The first-order valence-electron chi connectivity index (χ1n) is 6.01. The Morgan fingerprint density at radius 3 is 2.76 bits per heavy atom. The van der Waals surface area contributed by atoms with Gasteiger partial charge in [0.1, 0.15) is 5.65 Å². The third kappa shape index (κ3) is 2.32. The van der Waals surface area contributed by atoms with Crippen LogP contribution in [-0.4, -0.2) is 25.4 Å². The van der Waals surface area contributed by atoms with Crippen molar-refractivity contribution >= 4 is 17.3 Å². The Bertz CT molecular complexity index is 870. The summed E-state index contributed by atoms with van der Waals surface area (Å²) in [6, 6.07) is 9.18. The van der Waals surface area contributed by atoms with Gasteiger partial charge in [0.2, 0.25) is 0 Å². The molecule has 7 nitrogen and oxygen atoms in total. The number of hydrogen-bond acceptors (Lipinski definition) is 4. The predicted molar refractivity (Wildman–Crippen MR) is 74.2 cm³/mol. The van der Waals surface area contributed by atoms with E-state index in [1.165, 1.54) is 24.4 Å². The summed E-state index contributed by atoms with van der Waals surface area (Å²) >= 11 is 0. The van der Waals surface area contributed by atoms with Crippen molar-refractivity contribution in [3.8, 4) is 11.3 Å².